The zero-order valence-corrected chi connectivity index (χ0v) is 19.3. The summed E-state index contributed by atoms with van der Waals surface area (Å²) in [6.45, 7) is 7.70. The van der Waals surface area contributed by atoms with Crippen molar-refractivity contribution < 1.29 is 34.1 Å². The van der Waals surface area contributed by atoms with E-state index < -0.39 is 5.91 Å². The van der Waals surface area contributed by atoms with Gasteiger partial charge in [0.25, 0.3) is 5.91 Å². The second-order valence-electron chi connectivity index (χ2n) is 6.28. The van der Waals surface area contributed by atoms with E-state index in [-0.39, 0.29) is 26.2 Å². The van der Waals surface area contributed by atoms with Gasteiger partial charge < -0.3 is 40.7 Å². The second kappa shape index (κ2) is 20.2. The molecule has 0 aliphatic heterocycles. The highest BCUT2D eigenvalue weighted by Crippen LogP contribution is 2.32. The lowest BCUT2D eigenvalue weighted by Crippen LogP contribution is -2.11. The third-order valence-corrected chi connectivity index (χ3v) is 3.64. The number of aryl methyl sites for hydroxylation is 1. The molecule has 9 nitrogen and oxygen atoms in total. The molecule has 1 aliphatic rings. The number of aldehydes is 1. The molecule has 1 fully saturated rings. The molecule has 1 aromatic carbocycles. The van der Waals surface area contributed by atoms with Crippen molar-refractivity contribution in [2.45, 2.75) is 33.1 Å². The van der Waals surface area contributed by atoms with Crippen molar-refractivity contribution in [2.24, 2.45) is 17.4 Å². The minimum Gasteiger partial charge on any atom is -0.493 e. The molecule has 9 heteroatoms. The zero-order chi connectivity index (χ0) is 24.9. The Morgan fingerprint density at radius 2 is 1.84 bits per heavy atom. The standard InChI is InChI=1S/C14H15NO3.C3H6O2.C3H6O.C2H6O.CH5N/c1-8-13(14(15)16)11-6-10(4-5-12(11)18-8)17-7-9-2-3-9;4-2-1-3-5;1-2-3-4;1-2-3;1-2/h4-6,9H,2-3,7H2,1H3,(H2,15,16);2,5H,1,3H2;2,4H,1,3H2;3H,2H2,1H3;2H2,1H3. The number of primary amides is 1. The number of ether oxygens (including phenoxy) is 1. The fourth-order valence-electron chi connectivity index (χ4n) is 2.15. The van der Waals surface area contributed by atoms with Crippen LogP contribution >= 0.6 is 0 Å². The van der Waals surface area contributed by atoms with Gasteiger partial charge >= 0.3 is 0 Å². The van der Waals surface area contributed by atoms with Gasteiger partial charge in [-0.05, 0) is 57.9 Å². The minimum absolute atomic E-state index is 0.0243. The number of furan rings is 1. The van der Waals surface area contributed by atoms with E-state index in [2.05, 4.69) is 12.3 Å². The topological polar surface area (TPSA) is 169 Å². The monoisotopic (exact) mass is 454 g/mol. The van der Waals surface area contributed by atoms with Crippen molar-refractivity contribution in [3.8, 4) is 5.75 Å². The predicted octanol–water partition coefficient (Wildman–Crippen LogP) is 1.93. The fourth-order valence-corrected chi connectivity index (χ4v) is 2.15. The van der Waals surface area contributed by atoms with Gasteiger partial charge in [0, 0.05) is 25.0 Å². The van der Waals surface area contributed by atoms with Crippen molar-refractivity contribution in [2.75, 3.05) is 33.5 Å². The molecule has 0 atom stereocenters. The number of carbonyl (C=O) groups excluding carboxylic acids is 2. The lowest BCUT2D eigenvalue weighted by Gasteiger charge is -2.04. The van der Waals surface area contributed by atoms with Crippen molar-refractivity contribution in [3.05, 3.63) is 42.2 Å². The summed E-state index contributed by atoms with van der Waals surface area (Å²) in [7, 11) is 1.50. The first-order chi connectivity index (χ1) is 15.4. The van der Waals surface area contributed by atoms with Crippen LogP contribution in [0.25, 0.3) is 11.0 Å². The number of nitrogens with two attached hydrogens (primary N) is 2. The van der Waals surface area contributed by atoms with Crippen LogP contribution < -0.4 is 16.2 Å². The highest BCUT2D eigenvalue weighted by atomic mass is 16.5. The number of amides is 1. The van der Waals surface area contributed by atoms with Crippen LogP contribution in [0.3, 0.4) is 0 Å². The molecule has 0 radical (unpaired) electrons. The van der Waals surface area contributed by atoms with E-state index in [9.17, 15) is 9.59 Å². The number of aliphatic hydroxyl groups excluding tert-OH is 3. The van der Waals surface area contributed by atoms with E-state index in [1.54, 1.807) is 13.8 Å². The van der Waals surface area contributed by atoms with Crippen LogP contribution in [0.5, 0.6) is 5.75 Å². The smallest absolute Gasteiger partial charge is 0.252 e. The molecule has 0 bridgehead atoms. The lowest BCUT2D eigenvalue weighted by molar-refractivity contribution is -0.108. The zero-order valence-electron chi connectivity index (χ0n) is 19.3. The molecule has 1 aliphatic carbocycles. The number of rotatable bonds is 7. The molecule has 0 unspecified atom stereocenters. The van der Waals surface area contributed by atoms with Crippen LogP contribution in [0.1, 0.15) is 42.3 Å². The number of carbonyl (C=O) groups is 2. The molecule has 182 valence electrons. The maximum absolute atomic E-state index is 11.4. The van der Waals surface area contributed by atoms with Gasteiger partial charge in [0.1, 0.15) is 23.4 Å². The molecule has 2 aromatic rings. The maximum atomic E-state index is 11.4. The first-order valence-electron chi connectivity index (χ1n) is 10.3. The van der Waals surface area contributed by atoms with Crippen molar-refractivity contribution in [1.82, 2.24) is 0 Å². The summed E-state index contributed by atoms with van der Waals surface area (Å²) in [6.07, 6.45) is 4.87. The van der Waals surface area contributed by atoms with Gasteiger partial charge in [0.15, 0.2) is 0 Å². The molecule has 3 rings (SSSR count). The molecule has 1 aromatic heterocycles. The average molecular weight is 455 g/mol. The SMILES string of the molecule is C=CCO.CCO.CN.Cc1oc2ccc(OCC3CC3)cc2c1C(N)=O.O=CCCO. The maximum Gasteiger partial charge on any atom is 0.252 e. The first kappa shape index (κ1) is 31.5. The summed E-state index contributed by atoms with van der Waals surface area (Å²) < 4.78 is 11.2. The van der Waals surface area contributed by atoms with Gasteiger partial charge in [0.05, 0.1) is 18.8 Å². The van der Waals surface area contributed by atoms with Gasteiger partial charge in [-0.15, -0.1) is 6.58 Å². The van der Waals surface area contributed by atoms with E-state index in [1.807, 2.05) is 18.2 Å². The summed E-state index contributed by atoms with van der Waals surface area (Å²) in [5.41, 5.74) is 11.0. The molecule has 32 heavy (non-hydrogen) atoms. The molecule has 7 N–H and O–H groups in total. The van der Waals surface area contributed by atoms with Gasteiger partial charge in [-0.3, -0.25) is 4.79 Å². The van der Waals surface area contributed by atoms with Crippen molar-refractivity contribution in [1.29, 1.82) is 0 Å². The summed E-state index contributed by atoms with van der Waals surface area (Å²) in [5.74, 6) is 1.54. The predicted molar refractivity (Wildman–Crippen MR) is 126 cm³/mol. The molecule has 0 saturated heterocycles. The van der Waals surface area contributed by atoms with Crippen LogP contribution in [0.4, 0.5) is 0 Å². The number of hydrogen-bond acceptors (Lipinski definition) is 8. The highest BCUT2D eigenvalue weighted by Gasteiger charge is 2.22. The summed E-state index contributed by atoms with van der Waals surface area (Å²) in [6, 6.07) is 5.50. The molecule has 1 saturated carbocycles. The Morgan fingerprint density at radius 1 is 1.28 bits per heavy atom. The molecular weight excluding hydrogens is 416 g/mol. The Morgan fingerprint density at radius 3 is 2.22 bits per heavy atom. The molecular formula is C23H38N2O7. The van der Waals surface area contributed by atoms with Crippen LogP contribution in [0, 0.1) is 12.8 Å². The number of benzene rings is 1. The Hall–Kier alpha value is -2.72. The largest absolute Gasteiger partial charge is 0.493 e. The average Bonchev–Trinajstić information content (AvgIpc) is 3.55. The summed E-state index contributed by atoms with van der Waals surface area (Å²) >= 11 is 0. The van der Waals surface area contributed by atoms with E-state index in [4.69, 9.17) is 30.2 Å². The van der Waals surface area contributed by atoms with Gasteiger partial charge in [-0.2, -0.15) is 0 Å². The number of hydrogen-bond donors (Lipinski definition) is 5. The van der Waals surface area contributed by atoms with Crippen LogP contribution in [0.15, 0.2) is 35.3 Å². The van der Waals surface area contributed by atoms with E-state index in [0.29, 0.717) is 29.1 Å². The van der Waals surface area contributed by atoms with E-state index in [0.717, 1.165) is 17.7 Å². The summed E-state index contributed by atoms with van der Waals surface area (Å²) in [4.78, 5) is 20.7. The molecule has 1 amide bonds. The van der Waals surface area contributed by atoms with Crippen LogP contribution in [-0.2, 0) is 4.79 Å². The van der Waals surface area contributed by atoms with E-state index >= 15 is 0 Å². The quantitative estimate of drug-likeness (QED) is 0.312. The molecule has 0 spiro atoms. The Labute approximate surface area is 189 Å². The van der Waals surface area contributed by atoms with Gasteiger partial charge in [-0.1, -0.05) is 6.08 Å². The first-order valence-corrected chi connectivity index (χ1v) is 10.3. The van der Waals surface area contributed by atoms with Crippen molar-refractivity contribution in [3.63, 3.8) is 0 Å². The number of aliphatic hydroxyl groups is 3. The van der Waals surface area contributed by atoms with Gasteiger partial charge in [0.2, 0.25) is 0 Å². The highest BCUT2D eigenvalue weighted by molar-refractivity contribution is 6.06. The van der Waals surface area contributed by atoms with E-state index in [1.165, 1.54) is 26.0 Å². The Bertz CT molecular complexity index is 771. The third kappa shape index (κ3) is 13.6. The normalized spacial score (nSPS) is 11.1. The van der Waals surface area contributed by atoms with Crippen LogP contribution in [-0.4, -0.2) is 61.0 Å². The molecule has 1 heterocycles. The van der Waals surface area contributed by atoms with Crippen molar-refractivity contribution >= 4 is 23.2 Å². The Balaban J connectivity index is 0. The Kier molecular flexibility index (Phi) is 19.9. The summed E-state index contributed by atoms with van der Waals surface area (Å²) in [5, 5.41) is 23.9. The second-order valence-corrected chi connectivity index (χ2v) is 6.28. The fraction of sp³-hybridized carbons (Fsp3) is 0.478. The lowest BCUT2D eigenvalue weighted by atomic mass is 10.1. The van der Waals surface area contributed by atoms with Crippen LogP contribution in [0.2, 0.25) is 0 Å². The number of fused-ring (bicyclic) bond motifs is 1. The van der Waals surface area contributed by atoms with Gasteiger partial charge in [-0.25, -0.2) is 0 Å². The minimum atomic E-state index is -0.467. The third-order valence-electron chi connectivity index (χ3n) is 3.64.